The van der Waals surface area contributed by atoms with E-state index in [1.54, 1.807) is 12.4 Å². The molecular weight excluding hydrogens is 392 g/mol. The first-order chi connectivity index (χ1) is 15.2. The summed E-state index contributed by atoms with van der Waals surface area (Å²) < 4.78 is 0. The molecule has 8 heteroatoms. The van der Waals surface area contributed by atoms with Crippen molar-refractivity contribution in [3.8, 4) is 11.4 Å². The number of rotatable bonds is 5. The van der Waals surface area contributed by atoms with Gasteiger partial charge in [-0.05, 0) is 24.3 Å². The van der Waals surface area contributed by atoms with Gasteiger partial charge in [0.2, 0.25) is 11.8 Å². The summed E-state index contributed by atoms with van der Waals surface area (Å²) in [6, 6.07) is 11.9. The molecule has 2 fully saturated rings. The van der Waals surface area contributed by atoms with Gasteiger partial charge in [0.1, 0.15) is 5.82 Å². The van der Waals surface area contributed by atoms with E-state index in [4.69, 9.17) is 9.97 Å². The lowest BCUT2D eigenvalue weighted by molar-refractivity contribution is -0.138. The van der Waals surface area contributed by atoms with E-state index in [1.807, 2.05) is 30.3 Å². The number of fused-ring (bicyclic) bond motifs is 1. The van der Waals surface area contributed by atoms with Gasteiger partial charge in [-0.2, -0.15) is 0 Å². The molecule has 0 radical (unpaired) electrons. The van der Waals surface area contributed by atoms with Crippen LogP contribution in [0.2, 0.25) is 0 Å². The second kappa shape index (κ2) is 8.39. The fraction of sp³-hybridized carbons (Fsp3) is 0.348. The molecule has 0 saturated carbocycles. The van der Waals surface area contributed by atoms with Crippen molar-refractivity contribution in [2.45, 2.75) is 12.8 Å². The Morgan fingerprint density at radius 1 is 0.806 bits per heavy atom. The third kappa shape index (κ3) is 3.98. The molecule has 2 aromatic heterocycles. The zero-order valence-corrected chi connectivity index (χ0v) is 17.3. The summed E-state index contributed by atoms with van der Waals surface area (Å²) in [6.45, 7) is 4.59. The van der Waals surface area contributed by atoms with Crippen molar-refractivity contribution in [3.05, 3.63) is 48.8 Å². The third-order valence-corrected chi connectivity index (χ3v) is 5.99. The van der Waals surface area contributed by atoms with Gasteiger partial charge in [-0.25, -0.2) is 9.97 Å². The first-order valence-corrected chi connectivity index (χ1v) is 10.7. The lowest BCUT2D eigenvalue weighted by Crippen LogP contribution is -2.49. The molecule has 0 atom stereocenters. The molecule has 2 amide bonds. The maximum Gasteiger partial charge on any atom is 0.229 e. The van der Waals surface area contributed by atoms with Crippen LogP contribution in [0.3, 0.4) is 0 Å². The SMILES string of the molecule is O=C1CCC(=O)N1CCN1CCN(c2nc(-c3ccncc3)nc3ccccc23)CC1. The lowest BCUT2D eigenvalue weighted by Gasteiger charge is -2.36. The Kier molecular flexibility index (Phi) is 5.30. The number of aromatic nitrogens is 3. The monoisotopic (exact) mass is 416 g/mol. The van der Waals surface area contributed by atoms with E-state index < -0.39 is 0 Å². The number of carbonyl (C=O) groups excluding carboxylic acids is 2. The van der Waals surface area contributed by atoms with Crippen molar-refractivity contribution in [1.29, 1.82) is 0 Å². The normalized spacial score (nSPS) is 17.7. The summed E-state index contributed by atoms with van der Waals surface area (Å²) in [7, 11) is 0. The molecule has 0 N–H and O–H groups in total. The molecule has 5 rings (SSSR count). The van der Waals surface area contributed by atoms with Crippen LogP contribution < -0.4 is 4.90 Å². The number of amides is 2. The van der Waals surface area contributed by atoms with Crippen molar-refractivity contribution in [3.63, 3.8) is 0 Å². The molecule has 0 unspecified atom stereocenters. The molecule has 158 valence electrons. The molecule has 0 aliphatic carbocycles. The minimum absolute atomic E-state index is 0.0419. The molecule has 31 heavy (non-hydrogen) atoms. The second-order valence-electron chi connectivity index (χ2n) is 7.89. The van der Waals surface area contributed by atoms with E-state index in [9.17, 15) is 9.59 Å². The number of anilines is 1. The molecule has 2 aliphatic heterocycles. The highest BCUT2D eigenvalue weighted by atomic mass is 16.2. The van der Waals surface area contributed by atoms with Gasteiger partial charge >= 0.3 is 0 Å². The van der Waals surface area contributed by atoms with Crippen LogP contribution in [0.15, 0.2) is 48.8 Å². The number of hydrogen-bond donors (Lipinski definition) is 0. The third-order valence-electron chi connectivity index (χ3n) is 5.99. The average molecular weight is 416 g/mol. The number of para-hydroxylation sites is 1. The van der Waals surface area contributed by atoms with Crippen LogP contribution in [0.25, 0.3) is 22.3 Å². The van der Waals surface area contributed by atoms with Crippen molar-refractivity contribution in [2.75, 3.05) is 44.2 Å². The molecule has 0 bridgehead atoms. The molecular formula is C23H24N6O2. The van der Waals surface area contributed by atoms with Crippen molar-refractivity contribution < 1.29 is 9.59 Å². The fourth-order valence-electron chi connectivity index (χ4n) is 4.23. The molecule has 3 aromatic rings. The highest BCUT2D eigenvalue weighted by Gasteiger charge is 2.29. The highest BCUT2D eigenvalue weighted by molar-refractivity contribution is 6.01. The topological polar surface area (TPSA) is 82.5 Å². The molecule has 2 saturated heterocycles. The van der Waals surface area contributed by atoms with E-state index in [0.29, 0.717) is 25.2 Å². The number of pyridine rings is 1. The minimum atomic E-state index is -0.0419. The first-order valence-electron chi connectivity index (χ1n) is 10.7. The van der Waals surface area contributed by atoms with Crippen LogP contribution in [0.4, 0.5) is 5.82 Å². The quantitative estimate of drug-likeness (QED) is 0.588. The smallest absolute Gasteiger partial charge is 0.229 e. The van der Waals surface area contributed by atoms with Gasteiger partial charge in [0.05, 0.1) is 5.52 Å². The van der Waals surface area contributed by atoms with Crippen LogP contribution >= 0.6 is 0 Å². The number of nitrogens with zero attached hydrogens (tertiary/aromatic N) is 6. The summed E-state index contributed by atoms with van der Waals surface area (Å²) in [5, 5.41) is 1.04. The number of likely N-dealkylation sites (tertiary alicyclic amines) is 1. The predicted molar refractivity (Wildman–Crippen MR) is 117 cm³/mol. The maximum atomic E-state index is 11.8. The van der Waals surface area contributed by atoms with Gasteiger partial charge in [-0.1, -0.05) is 12.1 Å². The minimum Gasteiger partial charge on any atom is -0.353 e. The molecule has 4 heterocycles. The maximum absolute atomic E-state index is 11.8. The largest absolute Gasteiger partial charge is 0.353 e. The van der Waals surface area contributed by atoms with Gasteiger partial charge in [-0.15, -0.1) is 0 Å². The number of benzene rings is 1. The number of imide groups is 1. The van der Waals surface area contributed by atoms with Gasteiger partial charge in [-0.3, -0.25) is 24.4 Å². The number of hydrogen-bond acceptors (Lipinski definition) is 7. The zero-order valence-electron chi connectivity index (χ0n) is 17.3. The highest BCUT2D eigenvalue weighted by Crippen LogP contribution is 2.28. The van der Waals surface area contributed by atoms with Crippen LogP contribution in [0.5, 0.6) is 0 Å². The van der Waals surface area contributed by atoms with E-state index in [-0.39, 0.29) is 11.8 Å². The Labute approximate surface area is 180 Å². The standard InChI is InChI=1S/C23H24N6O2/c30-20-5-6-21(31)29(20)16-13-27-11-14-28(15-12-27)23-18-3-1-2-4-19(18)25-22(26-23)17-7-9-24-10-8-17/h1-4,7-10H,5-6,11-16H2. The van der Waals surface area contributed by atoms with Crippen LogP contribution in [-0.2, 0) is 9.59 Å². The van der Waals surface area contributed by atoms with Crippen molar-refractivity contribution in [1.82, 2.24) is 24.8 Å². The van der Waals surface area contributed by atoms with Crippen LogP contribution in [0.1, 0.15) is 12.8 Å². The van der Waals surface area contributed by atoms with Crippen molar-refractivity contribution in [2.24, 2.45) is 0 Å². The van der Waals surface area contributed by atoms with Gasteiger partial charge in [0, 0.05) is 75.5 Å². The van der Waals surface area contributed by atoms with E-state index >= 15 is 0 Å². The fourth-order valence-corrected chi connectivity index (χ4v) is 4.23. The summed E-state index contributed by atoms with van der Waals surface area (Å²) in [6.07, 6.45) is 4.21. The Morgan fingerprint density at radius 2 is 1.52 bits per heavy atom. The van der Waals surface area contributed by atoms with Crippen LogP contribution in [-0.4, -0.2) is 75.8 Å². The predicted octanol–water partition coefficient (Wildman–Crippen LogP) is 1.96. The summed E-state index contributed by atoms with van der Waals surface area (Å²) in [4.78, 5) is 43.4. The van der Waals surface area contributed by atoms with Crippen molar-refractivity contribution >= 4 is 28.5 Å². The number of piperazine rings is 1. The van der Waals surface area contributed by atoms with Gasteiger partial charge < -0.3 is 4.90 Å². The van der Waals surface area contributed by atoms with E-state index in [2.05, 4.69) is 20.9 Å². The summed E-state index contributed by atoms with van der Waals surface area (Å²) in [5.41, 5.74) is 1.87. The Hall–Kier alpha value is -3.39. The molecule has 0 spiro atoms. The molecule has 2 aliphatic rings. The van der Waals surface area contributed by atoms with E-state index in [1.165, 1.54) is 4.90 Å². The van der Waals surface area contributed by atoms with Crippen LogP contribution in [0, 0.1) is 0 Å². The first kappa shape index (κ1) is 19.6. The second-order valence-corrected chi connectivity index (χ2v) is 7.89. The summed E-state index contributed by atoms with van der Waals surface area (Å²) in [5.74, 6) is 1.56. The van der Waals surface area contributed by atoms with E-state index in [0.717, 1.165) is 55.0 Å². The average Bonchev–Trinajstić information content (AvgIpc) is 3.15. The summed E-state index contributed by atoms with van der Waals surface area (Å²) >= 11 is 0. The van der Waals surface area contributed by atoms with Gasteiger partial charge in [0.25, 0.3) is 0 Å². The molecule has 8 nitrogen and oxygen atoms in total. The Morgan fingerprint density at radius 3 is 2.26 bits per heavy atom. The molecule has 1 aromatic carbocycles. The number of carbonyl (C=O) groups is 2. The van der Waals surface area contributed by atoms with Gasteiger partial charge in [0.15, 0.2) is 5.82 Å². The zero-order chi connectivity index (χ0) is 21.2. The Bertz CT molecular complexity index is 1100. The lowest BCUT2D eigenvalue weighted by atomic mass is 10.2. The Balaban J connectivity index is 1.32.